The third-order valence-electron chi connectivity index (χ3n) is 2.48. The molecule has 1 unspecified atom stereocenters. The van der Waals surface area contributed by atoms with Crippen molar-refractivity contribution in [3.63, 3.8) is 0 Å². The lowest BCUT2D eigenvalue weighted by Gasteiger charge is -2.20. The number of furan rings is 1. The van der Waals surface area contributed by atoms with E-state index in [1.165, 1.54) is 17.1 Å². The quantitative estimate of drug-likeness (QED) is 0.799. The van der Waals surface area contributed by atoms with Gasteiger partial charge < -0.3 is 14.8 Å². The first-order chi connectivity index (χ1) is 8.49. The molecule has 2 N–H and O–H groups in total. The molecular weight excluding hydrogens is 236 g/mol. The molecule has 18 heavy (non-hydrogen) atoms. The van der Waals surface area contributed by atoms with Gasteiger partial charge in [0.1, 0.15) is 11.4 Å². The summed E-state index contributed by atoms with van der Waals surface area (Å²) in [5.74, 6) is -0.00289. The minimum atomic E-state index is -1.26. The fraction of sp³-hybridized carbons (Fsp3) is 0.364. The predicted molar refractivity (Wildman–Crippen MR) is 61.6 cm³/mol. The number of aryl methyl sites for hydroxylation is 1. The second-order valence-corrected chi connectivity index (χ2v) is 4.21. The van der Waals surface area contributed by atoms with Crippen LogP contribution < -0.4 is 5.32 Å². The van der Waals surface area contributed by atoms with E-state index in [9.17, 15) is 9.90 Å². The molecule has 7 heteroatoms. The molecule has 1 atom stereocenters. The van der Waals surface area contributed by atoms with E-state index in [0.29, 0.717) is 5.76 Å². The SMILES string of the molecule is Cn1cc(C(=O)NCC(C)(O)c2ccco2)nn1. The van der Waals surface area contributed by atoms with Crippen LogP contribution in [0.15, 0.2) is 29.0 Å². The van der Waals surface area contributed by atoms with Crippen molar-refractivity contribution in [3.05, 3.63) is 36.0 Å². The molecule has 0 bridgehead atoms. The van der Waals surface area contributed by atoms with Crippen LogP contribution >= 0.6 is 0 Å². The fourth-order valence-electron chi connectivity index (χ4n) is 1.47. The van der Waals surface area contributed by atoms with Crippen LogP contribution in [0, 0.1) is 0 Å². The molecule has 2 aromatic rings. The topological polar surface area (TPSA) is 93.2 Å². The summed E-state index contributed by atoms with van der Waals surface area (Å²) < 4.78 is 6.54. The Morgan fingerprint density at radius 3 is 3.00 bits per heavy atom. The third kappa shape index (κ3) is 2.57. The van der Waals surface area contributed by atoms with Crippen LogP contribution in [0.2, 0.25) is 0 Å². The molecule has 1 amide bonds. The average molecular weight is 250 g/mol. The monoisotopic (exact) mass is 250 g/mol. The lowest BCUT2D eigenvalue weighted by molar-refractivity contribution is 0.0329. The van der Waals surface area contributed by atoms with Gasteiger partial charge in [0.2, 0.25) is 0 Å². The van der Waals surface area contributed by atoms with Crippen LogP contribution in [0.4, 0.5) is 0 Å². The molecule has 2 heterocycles. The van der Waals surface area contributed by atoms with Crippen molar-refractivity contribution in [2.45, 2.75) is 12.5 Å². The van der Waals surface area contributed by atoms with E-state index in [4.69, 9.17) is 4.42 Å². The first-order valence-electron chi connectivity index (χ1n) is 5.40. The Kier molecular flexibility index (Phi) is 3.15. The van der Waals surface area contributed by atoms with Crippen LogP contribution in [0.3, 0.4) is 0 Å². The number of hydrogen-bond acceptors (Lipinski definition) is 5. The van der Waals surface area contributed by atoms with Crippen LogP contribution in [-0.4, -0.2) is 32.6 Å². The molecule has 2 aromatic heterocycles. The maximum atomic E-state index is 11.7. The number of rotatable bonds is 4. The Labute approximate surface area is 103 Å². The molecule has 96 valence electrons. The van der Waals surface area contributed by atoms with Gasteiger partial charge >= 0.3 is 0 Å². The van der Waals surface area contributed by atoms with Gasteiger partial charge in [0.25, 0.3) is 5.91 Å². The number of nitrogens with one attached hydrogen (secondary N) is 1. The van der Waals surface area contributed by atoms with Crippen molar-refractivity contribution in [1.82, 2.24) is 20.3 Å². The number of amides is 1. The van der Waals surface area contributed by atoms with Gasteiger partial charge in [-0.1, -0.05) is 5.21 Å². The number of carbonyl (C=O) groups is 1. The zero-order chi connectivity index (χ0) is 13.2. The number of carbonyl (C=O) groups excluding carboxylic acids is 1. The van der Waals surface area contributed by atoms with Crippen LogP contribution in [0.1, 0.15) is 23.2 Å². The van der Waals surface area contributed by atoms with Crippen LogP contribution in [0.25, 0.3) is 0 Å². The van der Waals surface area contributed by atoms with Crippen molar-refractivity contribution in [1.29, 1.82) is 0 Å². The van der Waals surface area contributed by atoms with Gasteiger partial charge in [0, 0.05) is 7.05 Å². The summed E-state index contributed by atoms with van der Waals surface area (Å²) >= 11 is 0. The smallest absolute Gasteiger partial charge is 0.273 e. The first-order valence-corrected chi connectivity index (χ1v) is 5.40. The number of aliphatic hydroxyl groups is 1. The highest BCUT2D eigenvalue weighted by Gasteiger charge is 2.27. The normalized spacial score (nSPS) is 14.2. The summed E-state index contributed by atoms with van der Waals surface area (Å²) in [7, 11) is 1.67. The van der Waals surface area contributed by atoms with Gasteiger partial charge in [-0.15, -0.1) is 5.10 Å². The molecule has 0 aliphatic rings. The van der Waals surface area contributed by atoms with Crippen molar-refractivity contribution in [3.8, 4) is 0 Å². The molecule has 0 radical (unpaired) electrons. The van der Waals surface area contributed by atoms with Gasteiger partial charge in [-0.2, -0.15) is 0 Å². The zero-order valence-electron chi connectivity index (χ0n) is 10.1. The highest BCUT2D eigenvalue weighted by atomic mass is 16.4. The largest absolute Gasteiger partial charge is 0.466 e. The Bertz CT molecular complexity index is 530. The van der Waals surface area contributed by atoms with E-state index >= 15 is 0 Å². The lowest BCUT2D eigenvalue weighted by atomic mass is 10.0. The summed E-state index contributed by atoms with van der Waals surface area (Å²) in [5, 5.41) is 20.0. The maximum Gasteiger partial charge on any atom is 0.273 e. The number of nitrogens with zero attached hydrogens (tertiary/aromatic N) is 3. The fourth-order valence-corrected chi connectivity index (χ4v) is 1.47. The summed E-state index contributed by atoms with van der Waals surface area (Å²) in [4.78, 5) is 11.7. The van der Waals surface area contributed by atoms with Gasteiger partial charge in [-0.3, -0.25) is 9.48 Å². The van der Waals surface area contributed by atoms with E-state index in [1.807, 2.05) is 0 Å². The Morgan fingerprint density at radius 1 is 1.67 bits per heavy atom. The molecule has 0 saturated carbocycles. The predicted octanol–water partition coefficient (Wildman–Crippen LogP) is 0.0456. The minimum Gasteiger partial charge on any atom is -0.466 e. The van der Waals surface area contributed by atoms with Crippen molar-refractivity contribution in [2.75, 3.05) is 6.54 Å². The molecule has 2 rings (SSSR count). The van der Waals surface area contributed by atoms with Crippen LogP contribution in [0.5, 0.6) is 0 Å². The summed E-state index contributed by atoms with van der Waals surface area (Å²) in [6.45, 7) is 1.58. The Balaban J connectivity index is 1.98. The van der Waals surface area contributed by atoms with E-state index in [1.54, 1.807) is 26.1 Å². The Hall–Kier alpha value is -2.15. The molecule has 0 aliphatic heterocycles. The van der Waals surface area contributed by atoms with E-state index in [0.717, 1.165) is 0 Å². The molecular formula is C11H14N4O3. The third-order valence-corrected chi connectivity index (χ3v) is 2.48. The van der Waals surface area contributed by atoms with E-state index in [-0.39, 0.29) is 12.2 Å². The standard InChI is InChI=1S/C11H14N4O3/c1-11(17,9-4-3-5-18-9)7-12-10(16)8-6-15(2)14-13-8/h3-6,17H,7H2,1-2H3,(H,12,16). The lowest BCUT2D eigenvalue weighted by Crippen LogP contribution is -2.38. The average Bonchev–Trinajstić information content (AvgIpc) is 2.96. The molecule has 0 spiro atoms. The molecule has 0 saturated heterocycles. The first kappa shape index (κ1) is 12.3. The second-order valence-electron chi connectivity index (χ2n) is 4.21. The number of aromatic nitrogens is 3. The van der Waals surface area contributed by atoms with Crippen molar-refractivity contribution >= 4 is 5.91 Å². The second kappa shape index (κ2) is 4.61. The highest BCUT2D eigenvalue weighted by Crippen LogP contribution is 2.19. The Morgan fingerprint density at radius 2 is 2.44 bits per heavy atom. The summed E-state index contributed by atoms with van der Waals surface area (Å²) in [6, 6.07) is 3.32. The van der Waals surface area contributed by atoms with Gasteiger partial charge in [0.15, 0.2) is 5.69 Å². The van der Waals surface area contributed by atoms with Gasteiger partial charge in [-0.25, -0.2) is 0 Å². The van der Waals surface area contributed by atoms with E-state index in [2.05, 4.69) is 15.6 Å². The maximum absolute atomic E-state index is 11.7. The number of hydrogen-bond donors (Lipinski definition) is 2. The van der Waals surface area contributed by atoms with E-state index < -0.39 is 11.5 Å². The minimum absolute atomic E-state index is 0.0237. The van der Waals surface area contributed by atoms with Crippen molar-refractivity contribution < 1.29 is 14.3 Å². The van der Waals surface area contributed by atoms with Gasteiger partial charge in [0.05, 0.1) is 19.0 Å². The molecule has 7 nitrogen and oxygen atoms in total. The summed E-state index contributed by atoms with van der Waals surface area (Å²) in [6.07, 6.45) is 2.96. The van der Waals surface area contributed by atoms with Crippen LogP contribution in [-0.2, 0) is 12.6 Å². The molecule has 0 aromatic carbocycles. The highest BCUT2D eigenvalue weighted by molar-refractivity contribution is 5.91. The summed E-state index contributed by atoms with van der Waals surface area (Å²) in [5.41, 5.74) is -1.06. The van der Waals surface area contributed by atoms with Crippen molar-refractivity contribution in [2.24, 2.45) is 7.05 Å². The molecule has 0 fully saturated rings. The van der Waals surface area contributed by atoms with Gasteiger partial charge in [-0.05, 0) is 19.1 Å². The molecule has 0 aliphatic carbocycles. The zero-order valence-corrected chi connectivity index (χ0v) is 10.1.